The fourth-order valence-electron chi connectivity index (χ4n) is 2.25. The first-order chi connectivity index (χ1) is 9.72. The van der Waals surface area contributed by atoms with E-state index in [1.165, 1.54) is 6.07 Å². The molecule has 5 heteroatoms. The standard InChI is InChI=1S/C15H21FN2O2/c1-2-8-17-14-12(4-3-5-13(14)16)15(19)18-11-6-9-20-10-7-11/h3-5,11,17H,2,6-10H2,1H3,(H,18,19). The van der Waals surface area contributed by atoms with Crippen LogP contribution in [0.4, 0.5) is 10.1 Å². The monoisotopic (exact) mass is 280 g/mol. The highest BCUT2D eigenvalue weighted by atomic mass is 19.1. The van der Waals surface area contributed by atoms with Gasteiger partial charge in [-0.05, 0) is 31.4 Å². The Balaban J connectivity index is 2.09. The quantitative estimate of drug-likeness (QED) is 0.871. The number of carbonyl (C=O) groups excluding carboxylic acids is 1. The zero-order chi connectivity index (χ0) is 14.4. The Morgan fingerprint density at radius 3 is 2.85 bits per heavy atom. The van der Waals surface area contributed by atoms with E-state index in [9.17, 15) is 9.18 Å². The summed E-state index contributed by atoms with van der Waals surface area (Å²) in [6.07, 6.45) is 2.48. The highest BCUT2D eigenvalue weighted by Crippen LogP contribution is 2.20. The first-order valence-electron chi connectivity index (χ1n) is 7.13. The van der Waals surface area contributed by atoms with E-state index in [0.29, 0.717) is 31.0 Å². The molecule has 1 saturated heterocycles. The zero-order valence-electron chi connectivity index (χ0n) is 11.7. The van der Waals surface area contributed by atoms with E-state index in [1.807, 2.05) is 6.92 Å². The number of rotatable bonds is 5. The van der Waals surface area contributed by atoms with Crippen LogP contribution in [0, 0.1) is 5.82 Å². The maximum absolute atomic E-state index is 13.8. The third kappa shape index (κ3) is 3.70. The van der Waals surface area contributed by atoms with Gasteiger partial charge in [0.1, 0.15) is 5.82 Å². The molecule has 0 spiro atoms. The molecule has 0 atom stereocenters. The molecule has 2 rings (SSSR count). The van der Waals surface area contributed by atoms with Crippen LogP contribution in [-0.2, 0) is 4.74 Å². The van der Waals surface area contributed by atoms with Gasteiger partial charge in [-0.1, -0.05) is 13.0 Å². The Kier molecular flexibility index (Phi) is 5.35. The number of anilines is 1. The summed E-state index contributed by atoms with van der Waals surface area (Å²) in [4.78, 5) is 12.3. The Hall–Kier alpha value is -1.62. The van der Waals surface area contributed by atoms with Gasteiger partial charge in [-0.25, -0.2) is 4.39 Å². The molecule has 0 radical (unpaired) electrons. The van der Waals surface area contributed by atoms with Crippen molar-refractivity contribution in [3.05, 3.63) is 29.6 Å². The number of hydrogen-bond donors (Lipinski definition) is 2. The molecule has 1 aliphatic heterocycles. The number of hydrogen-bond acceptors (Lipinski definition) is 3. The van der Waals surface area contributed by atoms with Crippen molar-refractivity contribution in [2.45, 2.75) is 32.2 Å². The lowest BCUT2D eigenvalue weighted by Crippen LogP contribution is -2.39. The fourth-order valence-corrected chi connectivity index (χ4v) is 2.25. The minimum absolute atomic E-state index is 0.110. The summed E-state index contributed by atoms with van der Waals surface area (Å²) in [5, 5.41) is 5.94. The molecule has 20 heavy (non-hydrogen) atoms. The maximum Gasteiger partial charge on any atom is 0.253 e. The molecule has 1 fully saturated rings. The van der Waals surface area contributed by atoms with E-state index < -0.39 is 5.82 Å². The van der Waals surface area contributed by atoms with Gasteiger partial charge >= 0.3 is 0 Å². The maximum atomic E-state index is 13.8. The molecular weight excluding hydrogens is 259 g/mol. The summed E-state index contributed by atoms with van der Waals surface area (Å²) in [7, 11) is 0. The van der Waals surface area contributed by atoms with Crippen LogP contribution in [0.1, 0.15) is 36.5 Å². The van der Waals surface area contributed by atoms with E-state index in [0.717, 1.165) is 19.3 Å². The molecule has 1 aliphatic rings. The SMILES string of the molecule is CCCNc1c(F)cccc1C(=O)NC1CCOCC1. The third-order valence-corrected chi connectivity index (χ3v) is 3.37. The lowest BCUT2D eigenvalue weighted by Gasteiger charge is -2.23. The van der Waals surface area contributed by atoms with Crippen molar-refractivity contribution in [1.29, 1.82) is 0 Å². The zero-order valence-corrected chi connectivity index (χ0v) is 11.7. The summed E-state index contributed by atoms with van der Waals surface area (Å²) >= 11 is 0. The topological polar surface area (TPSA) is 50.4 Å². The predicted molar refractivity (Wildman–Crippen MR) is 76.5 cm³/mol. The number of amides is 1. The molecule has 1 aromatic carbocycles. The molecular formula is C15H21FN2O2. The van der Waals surface area contributed by atoms with Crippen molar-refractivity contribution in [1.82, 2.24) is 5.32 Å². The lowest BCUT2D eigenvalue weighted by molar-refractivity contribution is 0.0696. The van der Waals surface area contributed by atoms with Crippen molar-refractivity contribution in [3.63, 3.8) is 0 Å². The molecule has 1 heterocycles. The van der Waals surface area contributed by atoms with Gasteiger partial charge in [0.05, 0.1) is 11.3 Å². The number of carbonyl (C=O) groups is 1. The van der Waals surface area contributed by atoms with E-state index in [4.69, 9.17) is 4.74 Å². The van der Waals surface area contributed by atoms with Gasteiger partial charge in [0.15, 0.2) is 0 Å². The largest absolute Gasteiger partial charge is 0.382 e. The van der Waals surface area contributed by atoms with Crippen LogP contribution in [0.25, 0.3) is 0 Å². The van der Waals surface area contributed by atoms with Gasteiger partial charge in [-0.2, -0.15) is 0 Å². The molecule has 2 N–H and O–H groups in total. The summed E-state index contributed by atoms with van der Waals surface area (Å²) in [5.41, 5.74) is 0.656. The summed E-state index contributed by atoms with van der Waals surface area (Å²) in [5.74, 6) is -0.618. The predicted octanol–water partition coefficient (Wildman–Crippen LogP) is 2.56. The highest BCUT2D eigenvalue weighted by molar-refractivity contribution is 5.99. The highest BCUT2D eigenvalue weighted by Gasteiger charge is 2.20. The first-order valence-corrected chi connectivity index (χ1v) is 7.13. The van der Waals surface area contributed by atoms with Gasteiger partial charge in [-0.15, -0.1) is 0 Å². The Morgan fingerprint density at radius 2 is 2.15 bits per heavy atom. The minimum atomic E-state index is -0.391. The molecule has 1 aromatic rings. The number of benzene rings is 1. The van der Waals surface area contributed by atoms with Crippen molar-refractivity contribution in [2.24, 2.45) is 0 Å². The molecule has 0 aromatic heterocycles. The second kappa shape index (κ2) is 7.24. The fraction of sp³-hybridized carbons (Fsp3) is 0.533. The molecule has 0 unspecified atom stereocenters. The van der Waals surface area contributed by atoms with E-state index in [-0.39, 0.29) is 11.9 Å². The Morgan fingerprint density at radius 1 is 1.40 bits per heavy atom. The summed E-state index contributed by atoms with van der Waals surface area (Å²) in [6.45, 7) is 3.96. The summed E-state index contributed by atoms with van der Waals surface area (Å²) in [6, 6.07) is 4.68. The van der Waals surface area contributed by atoms with Crippen molar-refractivity contribution < 1.29 is 13.9 Å². The van der Waals surface area contributed by atoms with Crippen LogP contribution in [0.3, 0.4) is 0 Å². The van der Waals surface area contributed by atoms with Crippen molar-refractivity contribution in [2.75, 3.05) is 25.1 Å². The second-order valence-corrected chi connectivity index (χ2v) is 4.95. The molecule has 0 saturated carbocycles. The minimum Gasteiger partial charge on any atom is -0.382 e. The van der Waals surface area contributed by atoms with Crippen LogP contribution >= 0.6 is 0 Å². The van der Waals surface area contributed by atoms with Gasteiger partial charge in [0, 0.05) is 25.8 Å². The van der Waals surface area contributed by atoms with Gasteiger partial charge < -0.3 is 15.4 Å². The number of ether oxygens (including phenoxy) is 1. The first kappa shape index (κ1) is 14.8. The van der Waals surface area contributed by atoms with Crippen LogP contribution in [0.5, 0.6) is 0 Å². The number of para-hydroxylation sites is 1. The molecule has 110 valence electrons. The average molecular weight is 280 g/mol. The van der Waals surface area contributed by atoms with Crippen LogP contribution in [0.15, 0.2) is 18.2 Å². The lowest BCUT2D eigenvalue weighted by atomic mass is 10.1. The van der Waals surface area contributed by atoms with Crippen molar-refractivity contribution in [3.8, 4) is 0 Å². The smallest absolute Gasteiger partial charge is 0.253 e. The Labute approximate surface area is 118 Å². The van der Waals surface area contributed by atoms with Crippen molar-refractivity contribution >= 4 is 11.6 Å². The third-order valence-electron chi connectivity index (χ3n) is 3.37. The van der Waals surface area contributed by atoms with Crippen LogP contribution in [0.2, 0.25) is 0 Å². The van der Waals surface area contributed by atoms with Gasteiger partial charge in [0.2, 0.25) is 0 Å². The summed E-state index contributed by atoms with van der Waals surface area (Å²) < 4.78 is 19.1. The van der Waals surface area contributed by atoms with Gasteiger partial charge in [0.25, 0.3) is 5.91 Å². The number of halogens is 1. The second-order valence-electron chi connectivity index (χ2n) is 4.95. The molecule has 0 aliphatic carbocycles. The van der Waals surface area contributed by atoms with E-state index in [2.05, 4.69) is 10.6 Å². The van der Waals surface area contributed by atoms with E-state index >= 15 is 0 Å². The van der Waals surface area contributed by atoms with E-state index in [1.54, 1.807) is 12.1 Å². The molecule has 4 nitrogen and oxygen atoms in total. The molecule has 0 bridgehead atoms. The van der Waals surface area contributed by atoms with Gasteiger partial charge in [-0.3, -0.25) is 4.79 Å². The average Bonchev–Trinajstić information content (AvgIpc) is 2.47. The molecule has 1 amide bonds. The Bertz CT molecular complexity index is 459. The van der Waals surface area contributed by atoms with Crippen LogP contribution < -0.4 is 10.6 Å². The number of nitrogens with one attached hydrogen (secondary N) is 2. The van der Waals surface area contributed by atoms with Crippen LogP contribution in [-0.4, -0.2) is 31.7 Å². The normalized spacial score (nSPS) is 15.9.